The molecule has 156 valence electrons. The number of rotatable bonds is 10. The molecule has 1 atom stereocenters. The van der Waals surface area contributed by atoms with Crippen LogP contribution in [-0.4, -0.2) is 60.3 Å². The van der Waals surface area contributed by atoms with E-state index in [1.807, 2.05) is 0 Å². The van der Waals surface area contributed by atoms with Crippen LogP contribution in [0.1, 0.15) is 73.1 Å². The molecule has 1 unspecified atom stereocenters. The number of aliphatic imine (C=N–C) groups is 1. The summed E-state index contributed by atoms with van der Waals surface area (Å²) in [4.78, 5) is 7.26. The second-order valence-corrected chi connectivity index (χ2v) is 7.90. The van der Waals surface area contributed by atoms with Crippen molar-refractivity contribution in [2.45, 2.75) is 84.8 Å². The molecule has 1 heterocycles. The van der Waals surface area contributed by atoms with Crippen molar-refractivity contribution >= 4 is 29.9 Å². The first kappa shape index (κ1) is 25.9. The molecule has 1 fully saturated rings. The van der Waals surface area contributed by atoms with E-state index in [2.05, 4.69) is 50.2 Å². The Bertz CT molecular complexity index is 384. The van der Waals surface area contributed by atoms with Crippen LogP contribution in [-0.2, 0) is 0 Å². The van der Waals surface area contributed by atoms with Crippen molar-refractivity contribution in [3.8, 4) is 0 Å². The van der Waals surface area contributed by atoms with E-state index in [-0.39, 0.29) is 24.0 Å². The molecule has 1 rings (SSSR count). The zero-order chi connectivity index (χ0) is 18.7. The lowest BCUT2D eigenvalue weighted by atomic mass is 9.93. The van der Waals surface area contributed by atoms with Gasteiger partial charge in [-0.2, -0.15) is 0 Å². The molecule has 0 spiro atoms. The van der Waals surface area contributed by atoms with Crippen molar-refractivity contribution in [1.29, 1.82) is 0 Å². The van der Waals surface area contributed by atoms with Gasteiger partial charge in [0.2, 0.25) is 0 Å². The summed E-state index contributed by atoms with van der Waals surface area (Å²) in [6, 6.07) is 0.628. The Morgan fingerprint density at radius 3 is 2.38 bits per heavy atom. The largest absolute Gasteiger partial charge is 0.388 e. The molecular weight excluding hydrogens is 439 g/mol. The van der Waals surface area contributed by atoms with Crippen molar-refractivity contribution in [3.05, 3.63) is 0 Å². The van der Waals surface area contributed by atoms with Crippen molar-refractivity contribution in [3.63, 3.8) is 0 Å². The van der Waals surface area contributed by atoms with E-state index < -0.39 is 5.60 Å². The number of nitrogens with zero attached hydrogens (tertiary/aromatic N) is 2. The van der Waals surface area contributed by atoms with Crippen LogP contribution in [0.5, 0.6) is 0 Å². The molecule has 1 aliphatic rings. The predicted molar refractivity (Wildman–Crippen MR) is 124 cm³/mol. The number of hydrogen-bond acceptors (Lipinski definition) is 3. The number of likely N-dealkylation sites (tertiary alicyclic amines) is 1. The number of aliphatic hydroxyl groups is 1. The van der Waals surface area contributed by atoms with E-state index in [9.17, 15) is 5.11 Å². The molecule has 6 heteroatoms. The number of hydrogen-bond donors (Lipinski definition) is 3. The van der Waals surface area contributed by atoms with E-state index in [0.717, 1.165) is 44.7 Å². The van der Waals surface area contributed by atoms with E-state index >= 15 is 0 Å². The molecule has 0 saturated carbocycles. The number of guanidine groups is 1. The summed E-state index contributed by atoms with van der Waals surface area (Å²) in [5.41, 5.74) is -0.662. The topological polar surface area (TPSA) is 59.9 Å². The first-order valence-electron chi connectivity index (χ1n) is 10.4. The third-order valence-electron chi connectivity index (χ3n) is 5.15. The molecule has 0 aromatic heterocycles. The fourth-order valence-electron chi connectivity index (χ4n) is 3.76. The van der Waals surface area contributed by atoms with Crippen LogP contribution >= 0.6 is 24.0 Å². The van der Waals surface area contributed by atoms with Gasteiger partial charge in [0.05, 0.1) is 12.1 Å². The standard InChI is InChI=1S/C20H42N4O.HI/c1-6-11-20(25,12-7-2)16-23-19(21-8-3)22-14-18-10-9-13-24(15-18)17(4)5;/h17-18,25H,6-16H2,1-5H3,(H2,21,22,23);1H. The van der Waals surface area contributed by atoms with E-state index in [1.54, 1.807) is 0 Å². The number of nitrogens with one attached hydrogen (secondary N) is 2. The number of halogens is 1. The maximum absolute atomic E-state index is 10.8. The minimum atomic E-state index is -0.662. The monoisotopic (exact) mass is 482 g/mol. The van der Waals surface area contributed by atoms with Crippen LogP contribution in [0, 0.1) is 5.92 Å². The quantitative estimate of drug-likeness (QED) is 0.253. The summed E-state index contributed by atoms with van der Waals surface area (Å²) in [5, 5.41) is 17.6. The average Bonchev–Trinajstić information content (AvgIpc) is 2.58. The molecule has 1 aliphatic heterocycles. The first-order valence-corrected chi connectivity index (χ1v) is 10.4. The van der Waals surface area contributed by atoms with Gasteiger partial charge in [0.1, 0.15) is 0 Å². The van der Waals surface area contributed by atoms with Crippen molar-refractivity contribution in [2.75, 3.05) is 32.7 Å². The van der Waals surface area contributed by atoms with Gasteiger partial charge >= 0.3 is 0 Å². The molecule has 0 radical (unpaired) electrons. The fraction of sp³-hybridized carbons (Fsp3) is 0.950. The Kier molecular flexibility index (Phi) is 14.0. The Labute approximate surface area is 178 Å². The van der Waals surface area contributed by atoms with Crippen LogP contribution in [0.15, 0.2) is 4.99 Å². The molecular formula is C20H43IN4O. The average molecular weight is 482 g/mol. The summed E-state index contributed by atoms with van der Waals surface area (Å²) in [6.45, 7) is 15.6. The minimum Gasteiger partial charge on any atom is -0.388 e. The Balaban J connectivity index is 0.00000625. The van der Waals surface area contributed by atoms with Crippen LogP contribution in [0.4, 0.5) is 0 Å². The maximum Gasteiger partial charge on any atom is 0.191 e. The summed E-state index contributed by atoms with van der Waals surface area (Å²) in [7, 11) is 0. The van der Waals surface area contributed by atoms with Gasteiger partial charge in [-0.25, -0.2) is 0 Å². The molecule has 1 saturated heterocycles. The highest BCUT2D eigenvalue weighted by Crippen LogP contribution is 2.20. The maximum atomic E-state index is 10.8. The Hall–Kier alpha value is -0.0800. The number of piperidine rings is 1. The fourth-order valence-corrected chi connectivity index (χ4v) is 3.76. The molecule has 3 N–H and O–H groups in total. The highest BCUT2D eigenvalue weighted by Gasteiger charge is 2.25. The van der Waals surface area contributed by atoms with Crippen LogP contribution < -0.4 is 10.6 Å². The highest BCUT2D eigenvalue weighted by molar-refractivity contribution is 14.0. The third-order valence-corrected chi connectivity index (χ3v) is 5.15. The summed E-state index contributed by atoms with van der Waals surface area (Å²) >= 11 is 0. The summed E-state index contributed by atoms with van der Waals surface area (Å²) in [5.74, 6) is 1.51. The van der Waals surface area contributed by atoms with Gasteiger partial charge in [0.15, 0.2) is 5.96 Å². The van der Waals surface area contributed by atoms with E-state index in [4.69, 9.17) is 4.99 Å². The normalized spacial score (nSPS) is 19.3. The third kappa shape index (κ3) is 9.74. The summed E-state index contributed by atoms with van der Waals surface area (Å²) < 4.78 is 0. The van der Waals surface area contributed by atoms with Gasteiger partial charge in [-0.05, 0) is 58.9 Å². The van der Waals surface area contributed by atoms with Crippen LogP contribution in [0.2, 0.25) is 0 Å². The lowest BCUT2D eigenvalue weighted by Crippen LogP contribution is -2.46. The van der Waals surface area contributed by atoms with Crippen molar-refractivity contribution in [2.24, 2.45) is 10.9 Å². The van der Waals surface area contributed by atoms with Gasteiger partial charge in [0, 0.05) is 25.7 Å². The van der Waals surface area contributed by atoms with Gasteiger partial charge in [-0.1, -0.05) is 26.7 Å². The van der Waals surface area contributed by atoms with Gasteiger partial charge < -0.3 is 20.6 Å². The second-order valence-electron chi connectivity index (χ2n) is 7.90. The van der Waals surface area contributed by atoms with Gasteiger partial charge in [-0.15, -0.1) is 24.0 Å². The Morgan fingerprint density at radius 1 is 1.19 bits per heavy atom. The molecule has 0 aromatic carbocycles. The predicted octanol–water partition coefficient (Wildman–Crippen LogP) is 3.61. The Morgan fingerprint density at radius 2 is 1.85 bits per heavy atom. The van der Waals surface area contributed by atoms with E-state index in [1.165, 1.54) is 25.9 Å². The van der Waals surface area contributed by atoms with Crippen LogP contribution in [0.25, 0.3) is 0 Å². The van der Waals surface area contributed by atoms with Gasteiger partial charge in [-0.3, -0.25) is 4.99 Å². The minimum absolute atomic E-state index is 0. The lowest BCUT2D eigenvalue weighted by Gasteiger charge is -2.35. The van der Waals surface area contributed by atoms with Crippen molar-refractivity contribution in [1.82, 2.24) is 15.5 Å². The zero-order valence-electron chi connectivity index (χ0n) is 17.7. The molecule has 5 nitrogen and oxygen atoms in total. The lowest BCUT2D eigenvalue weighted by molar-refractivity contribution is 0.0306. The molecule has 0 aliphatic carbocycles. The smallest absolute Gasteiger partial charge is 0.191 e. The van der Waals surface area contributed by atoms with Crippen LogP contribution in [0.3, 0.4) is 0 Å². The molecule has 26 heavy (non-hydrogen) atoms. The SMILES string of the molecule is CCCC(O)(CCC)CN=C(NCC)NCC1CCCN(C(C)C)C1.I. The molecule has 0 amide bonds. The first-order chi connectivity index (χ1) is 11.9. The van der Waals surface area contributed by atoms with Gasteiger partial charge in [0.25, 0.3) is 0 Å². The molecule has 0 bridgehead atoms. The molecule has 0 aromatic rings. The zero-order valence-corrected chi connectivity index (χ0v) is 20.0. The second kappa shape index (κ2) is 14.0. The van der Waals surface area contributed by atoms with Crippen molar-refractivity contribution < 1.29 is 5.11 Å². The summed E-state index contributed by atoms with van der Waals surface area (Å²) in [6.07, 6.45) is 6.17. The van der Waals surface area contributed by atoms with E-state index in [0.29, 0.717) is 18.5 Å². The highest BCUT2D eigenvalue weighted by atomic mass is 127.